The number of fused-ring (bicyclic) bond motifs is 1. The minimum atomic E-state index is -0.0371. The third-order valence-electron chi connectivity index (χ3n) is 2.56. The fourth-order valence-corrected chi connectivity index (χ4v) is 1.91. The number of nitrogens with zero attached hydrogens (tertiary/aromatic N) is 2. The average molecular weight is 218 g/mol. The van der Waals surface area contributed by atoms with Gasteiger partial charge in [-0.1, -0.05) is 32.0 Å². The lowest BCUT2D eigenvalue weighted by atomic mass is 10.2. The number of rotatable bonds is 3. The largest absolute Gasteiger partial charge is 0.493 e. The Balaban J connectivity index is 2.72. The van der Waals surface area contributed by atoms with E-state index in [1.807, 2.05) is 18.2 Å². The molecule has 2 rings (SSSR count). The standard InChI is InChI=1S/C12H14N2O2/c1-8(2)7-14-10-6-4-3-5-9(10)11(13-16)12(14)15/h3-6,8,15H,7H2,1-2H3. The molecule has 0 saturated heterocycles. The molecule has 0 amide bonds. The molecule has 0 unspecified atom stereocenters. The molecule has 0 bridgehead atoms. The van der Waals surface area contributed by atoms with E-state index in [0.29, 0.717) is 17.8 Å². The van der Waals surface area contributed by atoms with Gasteiger partial charge in [-0.05, 0) is 17.2 Å². The predicted molar refractivity (Wildman–Crippen MR) is 63.9 cm³/mol. The molecule has 2 aromatic rings. The molecular weight excluding hydrogens is 204 g/mol. The molecule has 4 nitrogen and oxygen atoms in total. The first kappa shape index (κ1) is 10.7. The first-order valence-corrected chi connectivity index (χ1v) is 5.28. The second-order valence-electron chi connectivity index (χ2n) is 4.29. The van der Waals surface area contributed by atoms with Crippen molar-refractivity contribution >= 4 is 16.6 Å². The van der Waals surface area contributed by atoms with Crippen LogP contribution < -0.4 is 0 Å². The highest BCUT2D eigenvalue weighted by molar-refractivity contribution is 5.94. The Morgan fingerprint density at radius 3 is 2.69 bits per heavy atom. The highest BCUT2D eigenvalue weighted by atomic mass is 16.3. The molecule has 0 spiro atoms. The lowest BCUT2D eigenvalue weighted by Crippen LogP contribution is -2.03. The lowest BCUT2D eigenvalue weighted by Gasteiger charge is -2.09. The van der Waals surface area contributed by atoms with E-state index in [0.717, 1.165) is 5.52 Å². The molecule has 1 aromatic heterocycles. The Morgan fingerprint density at radius 1 is 1.38 bits per heavy atom. The Labute approximate surface area is 93.5 Å². The molecule has 0 aliphatic rings. The van der Waals surface area contributed by atoms with E-state index in [-0.39, 0.29) is 11.6 Å². The van der Waals surface area contributed by atoms with Crippen molar-refractivity contribution < 1.29 is 5.11 Å². The molecule has 0 aliphatic heterocycles. The number of hydrogen-bond donors (Lipinski definition) is 1. The minimum absolute atomic E-state index is 0.0371. The number of para-hydroxylation sites is 1. The van der Waals surface area contributed by atoms with E-state index >= 15 is 0 Å². The van der Waals surface area contributed by atoms with Crippen LogP contribution in [0.15, 0.2) is 29.4 Å². The third-order valence-corrected chi connectivity index (χ3v) is 2.56. The zero-order valence-electron chi connectivity index (χ0n) is 9.34. The van der Waals surface area contributed by atoms with Gasteiger partial charge >= 0.3 is 0 Å². The van der Waals surface area contributed by atoms with E-state index < -0.39 is 0 Å². The number of aromatic hydroxyl groups is 1. The number of nitroso groups, excluding NO2 is 1. The topological polar surface area (TPSA) is 54.6 Å². The Hall–Kier alpha value is -1.84. The van der Waals surface area contributed by atoms with Crippen molar-refractivity contribution in [3.8, 4) is 5.88 Å². The third kappa shape index (κ3) is 1.56. The van der Waals surface area contributed by atoms with Crippen LogP contribution in [-0.4, -0.2) is 9.67 Å². The Kier molecular flexibility index (Phi) is 2.64. The van der Waals surface area contributed by atoms with Gasteiger partial charge in [-0.25, -0.2) is 0 Å². The van der Waals surface area contributed by atoms with Crippen LogP contribution in [0.1, 0.15) is 13.8 Å². The van der Waals surface area contributed by atoms with Gasteiger partial charge < -0.3 is 9.67 Å². The van der Waals surface area contributed by atoms with Gasteiger partial charge in [-0.2, -0.15) is 0 Å². The second kappa shape index (κ2) is 3.96. The molecule has 0 radical (unpaired) electrons. The highest BCUT2D eigenvalue weighted by Crippen LogP contribution is 2.38. The van der Waals surface area contributed by atoms with Crippen LogP contribution in [0.3, 0.4) is 0 Å². The van der Waals surface area contributed by atoms with E-state index in [9.17, 15) is 10.0 Å². The van der Waals surface area contributed by atoms with Crippen molar-refractivity contribution in [2.24, 2.45) is 11.1 Å². The van der Waals surface area contributed by atoms with Crippen molar-refractivity contribution in [2.45, 2.75) is 20.4 Å². The summed E-state index contributed by atoms with van der Waals surface area (Å²) in [6, 6.07) is 7.39. The van der Waals surface area contributed by atoms with Gasteiger partial charge in [0.1, 0.15) is 0 Å². The summed E-state index contributed by atoms with van der Waals surface area (Å²) in [6.45, 7) is 4.78. The number of benzene rings is 1. The predicted octanol–water partition coefficient (Wildman–Crippen LogP) is 3.40. The Bertz CT molecular complexity index is 529. The molecule has 1 aromatic carbocycles. The summed E-state index contributed by atoms with van der Waals surface area (Å²) in [7, 11) is 0. The van der Waals surface area contributed by atoms with Crippen LogP contribution in [0, 0.1) is 10.8 Å². The van der Waals surface area contributed by atoms with Gasteiger partial charge in [-0.3, -0.25) is 0 Å². The van der Waals surface area contributed by atoms with Gasteiger partial charge in [-0.15, -0.1) is 4.91 Å². The molecule has 16 heavy (non-hydrogen) atoms. The maximum absolute atomic E-state index is 10.7. The quantitative estimate of drug-likeness (QED) is 0.802. The molecule has 84 valence electrons. The normalized spacial score (nSPS) is 11.2. The van der Waals surface area contributed by atoms with Crippen molar-refractivity contribution in [2.75, 3.05) is 0 Å². The lowest BCUT2D eigenvalue weighted by molar-refractivity contribution is 0.401. The maximum Gasteiger partial charge on any atom is 0.222 e. The van der Waals surface area contributed by atoms with Gasteiger partial charge in [0.2, 0.25) is 5.88 Å². The zero-order chi connectivity index (χ0) is 11.7. The van der Waals surface area contributed by atoms with E-state index in [1.165, 1.54) is 0 Å². The van der Waals surface area contributed by atoms with E-state index in [1.54, 1.807) is 10.6 Å². The first-order valence-electron chi connectivity index (χ1n) is 5.28. The van der Waals surface area contributed by atoms with E-state index in [2.05, 4.69) is 19.0 Å². The summed E-state index contributed by atoms with van der Waals surface area (Å²) in [5.74, 6) is 0.353. The van der Waals surface area contributed by atoms with Crippen molar-refractivity contribution in [3.05, 3.63) is 29.2 Å². The smallest absolute Gasteiger partial charge is 0.222 e. The summed E-state index contributed by atoms with van der Waals surface area (Å²) >= 11 is 0. The molecule has 4 heteroatoms. The van der Waals surface area contributed by atoms with Crippen molar-refractivity contribution in [1.82, 2.24) is 4.57 Å². The van der Waals surface area contributed by atoms with Crippen LogP contribution in [0.2, 0.25) is 0 Å². The van der Waals surface area contributed by atoms with Crippen LogP contribution in [-0.2, 0) is 6.54 Å². The minimum Gasteiger partial charge on any atom is -0.493 e. The van der Waals surface area contributed by atoms with Gasteiger partial charge in [0.25, 0.3) is 0 Å². The summed E-state index contributed by atoms with van der Waals surface area (Å²) in [4.78, 5) is 10.7. The van der Waals surface area contributed by atoms with Crippen LogP contribution in [0.4, 0.5) is 5.69 Å². The summed E-state index contributed by atoms with van der Waals surface area (Å²) in [5, 5.41) is 13.5. The second-order valence-corrected chi connectivity index (χ2v) is 4.29. The fraction of sp³-hybridized carbons (Fsp3) is 0.333. The SMILES string of the molecule is CC(C)Cn1c(O)c(N=O)c2ccccc21. The summed E-state index contributed by atoms with van der Waals surface area (Å²) in [5.41, 5.74) is 0.986. The molecular formula is C12H14N2O2. The number of aromatic nitrogens is 1. The fourth-order valence-electron chi connectivity index (χ4n) is 1.91. The van der Waals surface area contributed by atoms with Crippen LogP contribution in [0.25, 0.3) is 10.9 Å². The van der Waals surface area contributed by atoms with Gasteiger partial charge in [0.15, 0.2) is 5.69 Å². The summed E-state index contributed by atoms with van der Waals surface area (Å²) in [6.07, 6.45) is 0. The maximum atomic E-state index is 10.7. The average Bonchev–Trinajstić information content (AvgIpc) is 2.52. The molecule has 1 N–H and O–H groups in total. The first-order chi connectivity index (χ1) is 7.65. The molecule has 1 heterocycles. The van der Waals surface area contributed by atoms with E-state index in [4.69, 9.17) is 0 Å². The van der Waals surface area contributed by atoms with Gasteiger partial charge in [0, 0.05) is 11.9 Å². The molecule has 0 atom stereocenters. The van der Waals surface area contributed by atoms with Crippen LogP contribution in [0.5, 0.6) is 5.88 Å². The zero-order valence-corrected chi connectivity index (χ0v) is 9.34. The number of hydrogen-bond acceptors (Lipinski definition) is 3. The highest BCUT2D eigenvalue weighted by Gasteiger charge is 2.17. The summed E-state index contributed by atoms with van der Waals surface area (Å²) < 4.78 is 1.73. The Morgan fingerprint density at radius 2 is 2.06 bits per heavy atom. The van der Waals surface area contributed by atoms with Gasteiger partial charge in [0.05, 0.1) is 5.52 Å². The molecule has 0 aliphatic carbocycles. The van der Waals surface area contributed by atoms with Crippen molar-refractivity contribution in [3.63, 3.8) is 0 Å². The van der Waals surface area contributed by atoms with Crippen molar-refractivity contribution in [1.29, 1.82) is 0 Å². The molecule has 0 saturated carbocycles. The monoisotopic (exact) mass is 218 g/mol. The van der Waals surface area contributed by atoms with Crippen LogP contribution >= 0.6 is 0 Å². The molecule has 0 fully saturated rings.